The van der Waals surface area contributed by atoms with Crippen LogP contribution >= 0.6 is 12.2 Å². The first-order chi connectivity index (χ1) is 8.65. The predicted molar refractivity (Wildman–Crippen MR) is 74.9 cm³/mol. The third-order valence-electron chi connectivity index (χ3n) is 2.56. The summed E-state index contributed by atoms with van der Waals surface area (Å²) in [6, 6.07) is 10.2. The molecule has 0 saturated heterocycles. The van der Waals surface area contributed by atoms with Crippen LogP contribution in [0.15, 0.2) is 42.6 Å². The van der Waals surface area contributed by atoms with Crippen molar-refractivity contribution in [3.05, 3.63) is 54.1 Å². The SMILES string of the molecule is Cn1cccc1CNC(=S)Nc1cccc(F)c1. The molecule has 0 fully saturated rings. The quantitative estimate of drug-likeness (QED) is 0.834. The molecule has 0 amide bonds. The zero-order valence-electron chi connectivity index (χ0n) is 9.98. The summed E-state index contributed by atoms with van der Waals surface area (Å²) in [5.74, 6) is -0.287. The van der Waals surface area contributed by atoms with E-state index in [0.717, 1.165) is 5.69 Å². The van der Waals surface area contributed by atoms with Crippen molar-refractivity contribution in [2.75, 3.05) is 5.32 Å². The summed E-state index contributed by atoms with van der Waals surface area (Å²) in [5.41, 5.74) is 1.76. The van der Waals surface area contributed by atoms with Gasteiger partial charge in [0.25, 0.3) is 0 Å². The Hall–Kier alpha value is -1.88. The van der Waals surface area contributed by atoms with E-state index in [-0.39, 0.29) is 5.82 Å². The van der Waals surface area contributed by atoms with Crippen molar-refractivity contribution in [1.29, 1.82) is 0 Å². The van der Waals surface area contributed by atoms with Gasteiger partial charge in [0.05, 0.1) is 6.54 Å². The molecular formula is C13H14FN3S. The van der Waals surface area contributed by atoms with Gasteiger partial charge in [-0.1, -0.05) is 6.07 Å². The molecule has 0 aliphatic heterocycles. The van der Waals surface area contributed by atoms with Crippen molar-refractivity contribution in [2.45, 2.75) is 6.54 Å². The summed E-state index contributed by atoms with van der Waals surface area (Å²) in [4.78, 5) is 0. The lowest BCUT2D eigenvalue weighted by Gasteiger charge is -2.11. The van der Waals surface area contributed by atoms with Crippen LogP contribution in [0, 0.1) is 5.82 Å². The zero-order valence-corrected chi connectivity index (χ0v) is 10.8. The number of rotatable bonds is 3. The second-order valence-corrected chi connectivity index (χ2v) is 4.34. The number of aryl methyl sites for hydroxylation is 1. The number of aromatic nitrogens is 1. The van der Waals surface area contributed by atoms with Crippen LogP contribution in [0.3, 0.4) is 0 Å². The lowest BCUT2D eigenvalue weighted by molar-refractivity contribution is 0.628. The van der Waals surface area contributed by atoms with E-state index in [4.69, 9.17) is 12.2 Å². The smallest absolute Gasteiger partial charge is 0.171 e. The van der Waals surface area contributed by atoms with Gasteiger partial charge in [-0.3, -0.25) is 0 Å². The molecule has 0 saturated carbocycles. The van der Waals surface area contributed by atoms with Gasteiger partial charge in [0, 0.05) is 24.6 Å². The van der Waals surface area contributed by atoms with Gasteiger partial charge < -0.3 is 15.2 Å². The van der Waals surface area contributed by atoms with E-state index in [1.54, 1.807) is 12.1 Å². The Labute approximate surface area is 111 Å². The molecule has 2 aromatic rings. The van der Waals surface area contributed by atoms with Crippen molar-refractivity contribution in [2.24, 2.45) is 7.05 Å². The molecule has 0 bridgehead atoms. The van der Waals surface area contributed by atoms with Gasteiger partial charge in [-0.2, -0.15) is 0 Å². The minimum atomic E-state index is -0.287. The topological polar surface area (TPSA) is 29.0 Å². The number of nitrogens with zero attached hydrogens (tertiary/aromatic N) is 1. The first-order valence-electron chi connectivity index (χ1n) is 5.56. The highest BCUT2D eigenvalue weighted by Gasteiger charge is 2.00. The third kappa shape index (κ3) is 3.30. The Kier molecular flexibility index (Phi) is 3.94. The van der Waals surface area contributed by atoms with Crippen molar-refractivity contribution >= 4 is 23.0 Å². The van der Waals surface area contributed by atoms with Crippen LogP contribution in [0.5, 0.6) is 0 Å². The van der Waals surface area contributed by atoms with E-state index >= 15 is 0 Å². The Morgan fingerprint density at radius 2 is 2.17 bits per heavy atom. The fraction of sp³-hybridized carbons (Fsp3) is 0.154. The third-order valence-corrected chi connectivity index (χ3v) is 2.81. The maximum Gasteiger partial charge on any atom is 0.171 e. The first-order valence-corrected chi connectivity index (χ1v) is 5.96. The van der Waals surface area contributed by atoms with Gasteiger partial charge >= 0.3 is 0 Å². The molecule has 2 rings (SSSR count). The molecule has 5 heteroatoms. The largest absolute Gasteiger partial charge is 0.357 e. The van der Waals surface area contributed by atoms with Gasteiger partial charge in [0.2, 0.25) is 0 Å². The zero-order chi connectivity index (χ0) is 13.0. The van der Waals surface area contributed by atoms with Crippen LogP contribution in [0.25, 0.3) is 0 Å². The van der Waals surface area contributed by atoms with Gasteiger partial charge in [0.1, 0.15) is 5.82 Å². The average molecular weight is 263 g/mol. The van der Waals surface area contributed by atoms with Crippen LogP contribution in [0.1, 0.15) is 5.69 Å². The Bertz CT molecular complexity index is 551. The molecule has 2 N–H and O–H groups in total. The van der Waals surface area contributed by atoms with Gasteiger partial charge in [-0.25, -0.2) is 4.39 Å². The standard InChI is InChI=1S/C13H14FN3S/c1-17-7-3-6-12(17)9-15-13(18)16-11-5-2-4-10(14)8-11/h2-8H,9H2,1H3,(H2,15,16,18). The second kappa shape index (κ2) is 5.64. The number of thiocarbonyl (C=S) groups is 1. The molecule has 1 heterocycles. The van der Waals surface area contributed by atoms with Gasteiger partial charge in [0.15, 0.2) is 5.11 Å². The highest BCUT2D eigenvalue weighted by Crippen LogP contribution is 2.08. The number of hydrogen-bond acceptors (Lipinski definition) is 1. The number of halogens is 1. The lowest BCUT2D eigenvalue weighted by Crippen LogP contribution is -2.28. The van der Waals surface area contributed by atoms with Crippen LogP contribution in [0.4, 0.5) is 10.1 Å². The average Bonchev–Trinajstić information content (AvgIpc) is 2.72. The summed E-state index contributed by atoms with van der Waals surface area (Å²) in [7, 11) is 1.97. The van der Waals surface area contributed by atoms with E-state index in [1.807, 2.05) is 29.9 Å². The predicted octanol–water partition coefficient (Wildman–Crippen LogP) is 2.65. The van der Waals surface area contributed by atoms with Crippen LogP contribution in [0.2, 0.25) is 0 Å². The van der Waals surface area contributed by atoms with E-state index in [9.17, 15) is 4.39 Å². The van der Waals surface area contributed by atoms with Gasteiger partial charge in [-0.15, -0.1) is 0 Å². The summed E-state index contributed by atoms with van der Waals surface area (Å²) in [6.45, 7) is 0.630. The van der Waals surface area contributed by atoms with Crippen molar-refractivity contribution in [3.63, 3.8) is 0 Å². The van der Waals surface area contributed by atoms with Crippen molar-refractivity contribution < 1.29 is 4.39 Å². The first kappa shape index (κ1) is 12.6. The Morgan fingerprint density at radius 3 is 2.83 bits per heavy atom. The fourth-order valence-corrected chi connectivity index (χ4v) is 1.78. The highest BCUT2D eigenvalue weighted by atomic mass is 32.1. The van der Waals surface area contributed by atoms with E-state index in [2.05, 4.69) is 10.6 Å². The minimum Gasteiger partial charge on any atom is -0.357 e. The van der Waals surface area contributed by atoms with Crippen molar-refractivity contribution in [3.8, 4) is 0 Å². The lowest BCUT2D eigenvalue weighted by atomic mass is 10.3. The normalized spacial score (nSPS) is 10.1. The summed E-state index contributed by atoms with van der Waals surface area (Å²) >= 11 is 5.14. The molecule has 3 nitrogen and oxygen atoms in total. The van der Waals surface area contributed by atoms with Crippen LogP contribution < -0.4 is 10.6 Å². The summed E-state index contributed by atoms with van der Waals surface area (Å²) in [5, 5.41) is 6.48. The molecule has 1 aromatic carbocycles. The monoisotopic (exact) mass is 263 g/mol. The molecule has 0 atom stereocenters. The maximum atomic E-state index is 13.0. The van der Waals surface area contributed by atoms with E-state index < -0.39 is 0 Å². The maximum absolute atomic E-state index is 13.0. The molecule has 0 radical (unpaired) electrons. The molecule has 94 valence electrons. The molecule has 0 aliphatic carbocycles. The van der Waals surface area contributed by atoms with Gasteiger partial charge in [-0.05, 0) is 42.5 Å². The second-order valence-electron chi connectivity index (χ2n) is 3.93. The number of benzene rings is 1. The molecule has 0 aliphatic rings. The Morgan fingerprint density at radius 1 is 1.33 bits per heavy atom. The highest BCUT2D eigenvalue weighted by molar-refractivity contribution is 7.80. The molecule has 0 unspecified atom stereocenters. The number of hydrogen-bond donors (Lipinski definition) is 2. The van der Waals surface area contributed by atoms with Crippen LogP contribution in [-0.4, -0.2) is 9.68 Å². The molecular weight excluding hydrogens is 249 g/mol. The number of anilines is 1. The van der Waals surface area contributed by atoms with Crippen LogP contribution in [-0.2, 0) is 13.6 Å². The summed E-state index contributed by atoms with van der Waals surface area (Å²) < 4.78 is 15.0. The van der Waals surface area contributed by atoms with Crippen molar-refractivity contribution in [1.82, 2.24) is 9.88 Å². The molecule has 18 heavy (non-hydrogen) atoms. The fourth-order valence-electron chi connectivity index (χ4n) is 1.59. The molecule has 0 spiro atoms. The Balaban J connectivity index is 1.88. The van der Waals surface area contributed by atoms with E-state index in [0.29, 0.717) is 17.3 Å². The molecule has 1 aromatic heterocycles. The van der Waals surface area contributed by atoms with E-state index in [1.165, 1.54) is 12.1 Å². The summed E-state index contributed by atoms with van der Waals surface area (Å²) in [6.07, 6.45) is 1.97. The minimum absolute atomic E-state index is 0.287. The number of nitrogens with one attached hydrogen (secondary N) is 2.